The van der Waals surface area contributed by atoms with Crippen LogP contribution in [0.25, 0.3) is 6.08 Å². The number of hydrogen-bond acceptors (Lipinski definition) is 2. The van der Waals surface area contributed by atoms with Gasteiger partial charge in [0.25, 0.3) is 0 Å². The number of esters is 1. The molecule has 0 heterocycles. The number of hydrogen-bond donors (Lipinski definition) is 0. The molecule has 16 heavy (non-hydrogen) atoms. The largest absolute Gasteiger partial charge is 0.463 e. The molecule has 1 aromatic carbocycles. The van der Waals surface area contributed by atoms with Gasteiger partial charge in [-0.25, -0.2) is 4.79 Å². The van der Waals surface area contributed by atoms with Crippen molar-refractivity contribution in [1.29, 1.82) is 0 Å². The van der Waals surface area contributed by atoms with E-state index in [2.05, 4.69) is 15.9 Å². The van der Waals surface area contributed by atoms with Crippen molar-refractivity contribution in [2.24, 2.45) is 0 Å². The first kappa shape index (κ1) is 13.0. The number of ether oxygens (including phenoxy) is 1. The Morgan fingerprint density at radius 2 is 2.19 bits per heavy atom. The summed E-state index contributed by atoms with van der Waals surface area (Å²) in [7, 11) is 0. The molecule has 0 N–H and O–H groups in total. The van der Waals surface area contributed by atoms with Crippen LogP contribution in [0, 0.1) is 6.92 Å². The van der Waals surface area contributed by atoms with Crippen LogP contribution in [-0.4, -0.2) is 12.6 Å². The van der Waals surface area contributed by atoms with Crippen molar-refractivity contribution >= 4 is 28.0 Å². The molecule has 0 aromatic heterocycles. The van der Waals surface area contributed by atoms with Gasteiger partial charge < -0.3 is 4.74 Å². The van der Waals surface area contributed by atoms with Gasteiger partial charge in [0.2, 0.25) is 0 Å². The lowest BCUT2D eigenvalue weighted by Crippen LogP contribution is -2.04. The Morgan fingerprint density at radius 3 is 2.75 bits per heavy atom. The van der Waals surface area contributed by atoms with Crippen LogP contribution in [-0.2, 0) is 9.53 Å². The third kappa shape index (κ3) is 3.49. The minimum Gasteiger partial charge on any atom is -0.463 e. The minimum atomic E-state index is -0.265. The lowest BCUT2D eigenvalue weighted by atomic mass is 10.1. The molecule has 1 aromatic rings. The van der Waals surface area contributed by atoms with Crippen LogP contribution in [0.2, 0.25) is 0 Å². The van der Waals surface area contributed by atoms with Crippen LogP contribution in [0.1, 0.15) is 25.0 Å². The van der Waals surface area contributed by atoms with Crippen molar-refractivity contribution < 1.29 is 9.53 Å². The van der Waals surface area contributed by atoms with E-state index >= 15 is 0 Å². The lowest BCUT2D eigenvalue weighted by Gasteiger charge is -2.03. The molecule has 0 amide bonds. The smallest absolute Gasteiger partial charge is 0.333 e. The van der Waals surface area contributed by atoms with Crippen LogP contribution >= 0.6 is 15.9 Å². The van der Waals surface area contributed by atoms with Gasteiger partial charge in [0.15, 0.2) is 0 Å². The van der Waals surface area contributed by atoms with Crippen molar-refractivity contribution in [3.05, 3.63) is 39.4 Å². The number of aryl methyl sites for hydroxylation is 1. The molecular weight excluding hydrogens is 268 g/mol. The van der Waals surface area contributed by atoms with E-state index in [-0.39, 0.29) is 5.97 Å². The zero-order valence-electron chi connectivity index (χ0n) is 9.71. The van der Waals surface area contributed by atoms with E-state index in [1.807, 2.05) is 31.2 Å². The van der Waals surface area contributed by atoms with Gasteiger partial charge in [-0.1, -0.05) is 28.1 Å². The Balaban J connectivity index is 2.89. The molecule has 0 aliphatic rings. The molecule has 0 aliphatic carbocycles. The molecule has 0 unspecified atom stereocenters. The Kier molecular flexibility index (Phi) is 4.74. The molecule has 0 bridgehead atoms. The summed E-state index contributed by atoms with van der Waals surface area (Å²) < 4.78 is 5.95. The maximum absolute atomic E-state index is 11.4. The average Bonchev–Trinajstić information content (AvgIpc) is 2.24. The van der Waals surface area contributed by atoms with Crippen molar-refractivity contribution in [3.8, 4) is 0 Å². The molecule has 3 heteroatoms. The summed E-state index contributed by atoms with van der Waals surface area (Å²) in [4.78, 5) is 11.4. The van der Waals surface area contributed by atoms with Gasteiger partial charge in [-0.2, -0.15) is 0 Å². The standard InChI is InChI=1S/C13H15BrO2/c1-4-16-13(15)10(3)7-11-6-5-9(2)12(14)8-11/h5-8H,4H2,1-3H3/b10-7+. The summed E-state index contributed by atoms with van der Waals surface area (Å²) in [6.07, 6.45) is 1.82. The van der Waals surface area contributed by atoms with E-state index in [0.717, 1.165) is 10.0 Å². The monoisotopic (exact) mass is 282 g/mol. The maximum atomic E-state index is 11.4. The predicted octanol–water partition coefficient (Wildman–Crippen LogP) is 3.72. The van der Waals surface area contributed by atoms with E-state index in [0.29, 0.717) is 12.2 Å². The summed E-state index contributed by atoms with van der Waals surface area (Å²) in [5.41, 5.74) is 2.77. The van der Waals surface area contributed by atoms with Gasteiger partial charge in [-0.3, -0.25) is 0 Å². The van der Waals surface area contributed by atoms with Crippen molar-refractivity contribution in [2.45, 2.75) is 20.8 Å². The Hall–Kier alpha value is -1.09. The molecular formula is C13H15BrO2. The second kappa shape index (κ2) is 5.85. The summed E-state index contributed by atoms with van der Waals surface area (Å²) in [6.45, 7) is 5.98. The highest BCUT2D eigenvalue weighted by molar-refractivity contribution is 9.10. The van der Waals surface area contributed by atoms with Gasteiger partial charge in [0, 0.05) is 10.0 Å². The van der Waals surface area contributed by atoms with Gasteiger partial charge >= 0.3 is 5.97 Å². The van der Waals surface area contributed by atoms with Crippen LogP contribution in [0.4, 0.5) is 0 Å². The van der Waals surface area contributed by atoms with E-state index in [4.69, 9.17) is 4.74 Å². The van der Waals surface area contributed by atoms with Gasteiger partial charge in [0.05, 0.1) is 6.61 Å². The Bertz CT molecular complexity index is 422. The van der Waals surface area contributed by atoms with E-state index in [1.54, 1.807) is 13.8 Å². The van der Waals surface area contributed by atoms with Gasteiger partial charge in [-0.15, -0.1) is 0 Å². The molecule has 0 saturated heterocycles. The normalized spacial score (nSPS) is 11.4. The number of carbonyl (C=O) groups is 1. The Morgan fingerprint density at radius 1 is 1.50 bits per heavy atom. The second-order valence-electron chi connectivity index (χ2n) is 3.56. The van der Waals surface area contributed by atoms with E-state index in [9.17, 15) is 4.79 Å². The van der Waals surface area contributed by atoms with Gasteiger partial charge in [0.1, 0.15) is 0 Å². The third-order valence-electron chi connectivity index (χ3n) is 2.18. The van der Waals surface area contributed by atoms with E-state index in [1.165, 1.54) is 5.56 Å². The van der Waals surface area contributed by atoms with Crippen LogP contribution in [0.5, 0.6) is 0 Å². The second-order valence-corrected chi connectivity index (χ2v) is 4.41. The number of benzene rings is 1. The van der Waals surface area contributed by atoms with Crippen molar-refractivity contribution in [1.82, 2.24) is 0 Å². The first-order chi connectivity index (χ1) is 7.54. The maximum Gasteiger partial charge on any atom is 0.333 e. The van der Waals surface area contributed by atoms with Gasteiger partial charge in [-0.05, 0) is 44.0 Å². The molecule has 1 rings (SSSR count). The molecule has 0 radical (unpaired) electrons. The number of halogens is 1. The van der Waals surface area contributed by atoms with Crippen molar-refractivity contribution in [2.75, 3.05) is 6.61 Å². The molecule has 0 fully saturated rings. The van der Waals surface area contributed by atoms with Crippen molar-refractivity contribution in [3.63, 3.8) is 0 Å². The third-order valence-corrected chi connectivity index (χ3v) is 3.03. The van der Waals surface area contributed by atoms with Crippen LogP contribution in [0.15, 0.2) is 28.2 Å². The highest BCUT2D eigenvalue weighted by Gasteiger charge is 2.04. The summed E-state index contributed by atoms with van der Waals surface area (Å²) in [6, 6.07) is 5.97. The molecule has 86 valence electrons. The van der Waals surface area contributed by atoms with E-state index < -0.39 is 0 Å². The minimum absolute atomic E-state index is 0.265. The highest BCUT2D eigenvalue weighted by Crippen LogP contribution is 2.19. The number of carbonyl (C=O) groups excluding carboxylic acids is 1. The zero-order valence-corrected chi connectivity index (χ0v) is 11.3. The predicted molar refractivity (Wildman–Crippen MR) is 69.2 cm³/mol. The topological polar surface area (TPSA) is 26.3 Å². The fourth-order valence-electron chi connectivity index (χ4n) is 1.25. The quantitative estimate of drug-likeness (QED) is 0.624. The van der Waals surface area contributed by atoms with Crippen LogP contribution < -0.4 is 0 Å². The molecule has 0 spiro atoms. The van der Waals surface area contributed by atoms with Crippen LogP contribution in [0.3, 0.4) is 0 Å². The summed E-state index contributed by atoms with van der Waals surface area (Å²) in [5.74, 6) is -0.265. The molecule has 2 nitrogen and oxygen atoms in total. The average molecular weight is 283 g/mol. The SMILES string of the molecule is CCOC(=O)/C(C)=C/c1ccc(C)c(Br)c1. The Labute approximate surface area is 104 Å². The lowest BCUT2D eigenvalue weighted by molar-refractivity contribution is -0.138. The zero-order chi connectivity index (χ0) is 12.1. The number of rotatable bonds is 3. The highest BCUT2D eigenvalue weighted by atomic mass is 79.9. The summed E-state index contributed by atoms with van der Waals surface area (Å²) in [5, 5.41) is 0. The summed E-state index contributed by atoms with van der Waals surface area (Å²) >= 11 is 3.46. The molecule has 0 aliphatic heterocycles. The first-order valence-corrected chi connectivity index (χ1v) is 5.95. The molecule has 0 atom stereocenters. The fourth-order valence-corrected chi connectivity index (χ4v) is 1.65. The fraction of sp³-hybridized carbons (Fsp3) is 0.308. The molecule has 0 saturated carbocycles. The first-order valence-electron chi connectivity index (χ1n) is 5.16.